The number of H-pyrrole nitrogens is 1. The topological polar surface area (TPSA) is 66.1 Å². The maximum atomic E-state index is 11.8. The molecule has 1 aliphatic rings. The summed E-state index contributed by atoms with van der Waals surface area (Å²) in [5.41, 5.74) is -0.235. The standard InChI is InChI=1S/C10H13N3O2S2/c1-17-10-11-7(3-8(14)12-10)13-4-6(5-16)2-9(13)15/h3,6,16H,2,4-5H2,1H3,(H,11,12,14). The van der Waals surface area contributed by atoms with E-state index in [-0.39, 0.29) is 17.4 Å². The average Bonchev–Trinajstić information content (AvgIpc) is 2.69. The van der Waals surface area contributed by atoms with Crippen LogP contribution >= 0.6 is 24.4 Å². The Hall–Kier alpha value is -0.950. The number of aromatic amines is 1. The molecule has 0 aromatic carbocycles. The van der Waals surface area contributed by atoms with E-state index in [1.807, 2.05) is 6.26 Å². The summed E-state index contributed by atoms with van der Waals surface area (Å²) in [5, 5.41) is 0.523. The van der Waals surface area contributed by atoms with Crippen molar-refractivity contribution in [3.63, 3.8) is 0 Å². The molecule has 5 nitrogen and oxygen atoms in total. The van der Waals surface area contributed by atoms with Gasteiger partial charge in [0, 0.05) is 19.0 Å². The first-order chi connectivity index (χ1) is 8.13. The van der Waals surface area contributed by atoms with E-state index >= 15 is 0 Å². The van der Waals surface area contributed by atoms with Crippen molar-refractivity contribution in [3.8, 4) is 0 Å². The number of carbonyl (C=O) groups is 1. The monoisotopic (exact) mass is 271 g/mol. The fraction of sp³-hybridized carbons (Fsp3) is 0.500. The average molecular weight is 271 g/mol. The summed E-state index contributed by atoms with van der Waals surface area (Å²) in [4.78, 5) is 31.6. The lowest BCUT2D eigenvalue weighted by atomic mass is 10.1. The van der Waals surface area contributed by atoms with Gasteiger partial charge in [0.15, 0.2) is 5.16 Å². The van der Waals surface area contributed by atoms with E-state index < -0.39 is 0 Å². The van der Waals surface area contributed by atoms with E-state index in [9.17, 15) is 9.59 Å². The first kappa shape index (κ1) is 12.5. The normalized spacial score (nSPS) is 20.0. The van der Waals surface area contributed by atoms with Crippen LogP contribution in [-0.4, -0.2) is 34.4 Å². The lowest BCUT2D eigenvalue weighted by molar-refractivity contribution is -0.117. The highest BCUT2D eigenvalue weighted by atomic mass is 32.2. The van der Waals surface area contributed by atoms with Crippen molar-refractivity contribution >= 4 is 36.1 Å². The number of aromatic nitrogens is 2. The molecule has 0 spiro atoms. The van der Waals surface area contributed by atoms with Crippen molar-refractivity contribution in [1.82, 2.24) is 9.97 Å². The zero-order valence-electron chi connectivity index (χ0n) is 9.34. The molecule has 1 N–H and O–H groups in total. The van der Waals surface area contributed by atoms with Crippen LogP contribution in [0.3, 0.4) is 0 Å². The van der Waals surface area contributed by atoms with Crippen LogP contribution in [0.15, 0.2) is 16.0 Å². The Morgan fingerprint density at radius 3 is 3.00 bits per heavy atom. The van der Waals surface area contributed by atoms with Gasteiger partial charge in [0.05, 0.1) is 0 Å². The lowest BCUT2D eigenvalue weighted by Gasteiger charge is -2.15. The molecule has 1 amide bonds. The number of hydrogen-bond donors (Lipinski definition) is 2. The molecule has 1 saturated heterocycles. The van der Waals surface area contributed by atoms with E-state index in [0.717, 1.165) is 0 Å². The molecular formula is C10H13N3O2S2. The molecule has 1 atom stereocenters. The van der Waals surface area contributed by atoms with Gasteiger partial charge in [-0.25, -0.2) is 4.98 Å². The van der Waals surface area contributed by atoms with Crippen molar-refractivity contribution in [1.29, 1.82) is 0 Å². The number of thioether (sulfide) groups is 1. The van der Waals surface area contributed by atoms with Crippen LogP contribution < -0.4 is 10.5 Å². The van der Waals surface area contributed by atoms with E-state index in [4.69, 9.17) is 0 Å². The SMILES string of the molecule is CSc1nc(N2CC(CS)CC2=O)cc(=O)[nH]1. The molecule has 0 bridgehead atoms. The van der Waals surface area contributed by atoms with Crippen molar-refractivity contribution in [2.24, 2.45) is 5.92 Å². The molecule has 2 rings (SSSR count). The molecule has 1 aromatic rings. The first-order valence-corrected chi connectivity index (χ1v) is 7.06. The molecule has 2 heterocycles. The molecular weight excluding hydrogens is 258 g/mol. The zero-order chi connectivity index (χ0) is 12.4. The smallest absolute Gasteiger partial charge is 0.253 e. The number of amides is 1. The molecule has 7 heteroatoms. The first-order valence-electron chi connectivity index (χ1n) is 5.20. The van der Waals surface area contributed by atoms with Crippen LogP contribution in [-0.2, 0) is 4.79 Å². The zero-order valence-corrected chi connectivity index (χ0v) is 11.1. The number of hydrogen-bond acceptors (Lipinski definition) is 5. The minimum Gasteiger partial charge on any atom is -0.301 e. The van der Waals surface area contributed by atoms with Gasteiger partial charge in [0.2, 0.25) is 5.91 Å². The maximum Gasteiger partial charge on any atom is 0.253 e. The van der Waals surface area contributed by atoms with Crippen molar-refractivity contribution < 1.29 is 4.79 Å². The Kier molecular flexibility index (Phi) is 3.78. The van der Waals surface area contributed by atoms with Crippen LogP contribution in [0.2, 0.25) is 0 Å². The van der Waals surface area contributed by atoms with Gasteiger partial charge < -0.3 is 4.98 Å². The Labute approximate surface area is 108 Å². The quantitative estimate of drug-likeness (QED) is 0.484. The van der Waals surface area contributed by atoms with Gasteiger partial charge in [-0.1, -0.05) is 11.8 Å². The fourth-order valence-electron chi connectivity index (χ4n) is 1.78. The van der Waals surface area contributed by atoms with Crippen LogP contribution in [0, 0.1) is 5.92 Å². The summed E-state index contributed by atoms with van der Waals surface area (Å²) in [7, 11) is 0. The molecule has 1 aliphatic heterocycles. The van der Waals surface area contributed by atoms with Crippen molar-refractivity contribution in [2.75, 3.05) is 23.5 Å². The number of rotatable bonds is 3. The van der Waals surface area contributed by atoms with E-state index in [2.05, 4.69) is 22.6 Å². The van der Waals surface area contributed by atoms with Crippen LogP contribution in [0.25, 0.3) is 0 Å². The molecule has 92 valence electrons. The largest absolute Gasteiger partial charge is 0.301 e. The molecule has 0 aliphatic carbocycles. The Balaban J connectivity index is 2.31. The summed E-state index contributed by atoms with van der Waals surface area (Å²) in [6, 6.07) is 1.36. The van der Waals surface area contributed by atoms with Gasteiger partial charge in [-0.15, -0.1) is 0 Å². The van der Waals surface area contributed by atoms with Gasteiger partial charge in [0.1, 0.15) is 5.82 Å². The minimum atomic E-state index is -0.235. The highest BCUT2D eigenvalue weighted by molar-refractivity contribution is 7.98. The van der Waals surface area contributed by atoms with Crippen LogP contribution in [0.1, 0.15) is 6.42 Å². The van der Waals surface area contributed by atoms with Gasteiger partial charge in [-0.3, -0.25) is 14.5 Å². The Bertz CT molecular complexity index is 489. The Morgan fingerprint density at radius 2 is 2.41 bits per heavy atom. The third-order valence-corrected chi connectivity index (χ3v) is 3.74. The molecule has 17 heavy (non-hydrogen) atoms. The summed E-state index contributed by atoms with van der Waals surface area (Å²) >= 11 is 5.54. The molecule has 0 saturated carbocycles. The van der Waals surface area contributed by atoms with Gasteiger partial charge in [-0.2, -0.15) is 12.6 Å². The van der Waals surface area contributed by atoms with Gasteiger partial charge in [0.25, 0.3) is 5.56 Å². The van der Waals surface area contributed by atoms with Crippen molar-refractivity contribution in [2.45, 2.75) is 11.6 Å². The summed E-state index contributed by atoms with van der Waals surface area (Å²) in [5.74, 6) is 1.35. The van der Waals surface area contributed by atoms with E-state index in [0.29, 0.717) is 29.7 Å². The molecule has 1 unspecified atom stereocenters. The highest BCUT2D eigenvalue weighted by Gasteiger charge is 2.30. The predicted octanol–water partition coefficient (Wildman–Crippen LogP) is 0.774. The number of carbonyl (C=O) groups excluding carboxylic acids is 1. The Morgan fingerprint density at radius 1 is 1.65 bits per heavy atom. The molecule has 1 aromatic heterocycles. The highest BCUT2D eigenvalue weighted by Crippen LogP contribution is 2.24. The van der Waals surface area contributed by atoms with E-state index in [1.165, 1.54) is 17.8 Å². The second kappa shape index (κ2) is 5.14. The van der Waals surface area contributed by atoms with Gasteiger partial charge >= 0.3 is 0 Å². The van der Waals surface area contributed by atoms with Crippen LogP contribution in [0.4, 0.5) is 5.82 Å². The summed E-state index contributed by atoms with van der Waals surface area (Å²) < 4.78 is 0. The number of anilines is 1. The number of thiol groups is 1. The lowest BCUT2D eigenvalue weighted by Crippen LogP contribution is -2.27. The number of nitrogens with zero attached hydrogens (tertiary/aromatic N) is 2. The predicted molar refractivity (Wildman–Crippen MR) is 71.0 cm³/mol. The van der Waals surface area contributed by atoms with Crippen LogP contribution in [0.5, 0.6) is 0 Å². The van der Waals surface area contributed by atoms with Crippen molar-refractivity contribution in [3.05, 3.63) is 16.4 Å². The molecule has 0 radical (unpaired) electrons. The summed E-state index contributed by atoms with van der Waals surface area (Å²) in [6.07, 6.45) is 2.30. The third kappa shape index (κ3) is 2.66. The maximum absolute atomic E-state index is 11.8. The van der Waals surface area contributed by atoms with E-state index in [1.54, 1.807) is 4.90 Å². The minimum absolute atomic E-state index is 0.00852. The fourth-order valence-corrected chi connectivity index (χ4v) is 2.42. The second-order valence-corrected chi connectivity index (χ2v) is 5.03. The second-order valence-electron chi connectivity index (χ2n) is 3.87. The van der Waals surface area contributed by atoms with Gasteiger partial charge in [-0.05, 0) is 17.9 Å². The molecule has 1 fully saturated rings. The third-order valence-electron chi connectivity index (χ3n) is 2.64. The number of nitrogens with one attached hydrogen (secondary N) is 1. The summed E-state index contributed by atoms with van der Waals surface area (Å²) in [6.45, 7) is 0.590.